The van der Waals surface area contributed by atoms with Gasteiger partial charge in [-0.05, 0) is 37.5 Å². The molecule has 2 saturated carbocycles. The first-order valence-electron chi connectivity index (χ1n) is 6.43. The Balaban J connectivity index is 2.02. The molecular formula is C13H22O2. The SMILES string of the molecule is CCC1CCC(=O)C(C2CCCC2O)C1. The number of aliphatic hydroxyl groups is 1. The Bertz CT molecular complexity index is 237. The van der Waals surface area contributed by atoms with Crippen LogP contribution in [0.15, 0.2) is 0 Å². The summed E-state index contributed by atoms with van der Waals surface area (Å²) in [6.07, 6.45) is 6.94. The minimum Gasteiger partial charge on any atom is -0.393 e. The van der Waals surface area contributed by atoms with Crippen LogP contribution in [0.5, 0.6) is 0 Å². The highest BCUT2D eigenvalue weighted by Crippen LogP contribution is 2.40. The van der Waals surface area contributed by atoms with Gasteiger partial charge in [-0.25, -0.2) is 0 Å². The van der Waals surface area contributed by atoms with Crippen LogP contribution in [0.2, 0.25) is 0 Å². The zero-order valence-electron chi connectivity index (χ0n) is 9.61. The molecule has 0 aromatic carbocycles. The molecule has 1 N–H and O–H groups in total. The summed E-state index contributed by atoms with van der Waals surface area (Å²) in [5, 5.41) is 9.87. The lowest BCUT2D eigenvalue weighted by atomic mass is 9.72. The van der Waals surface area contributed by atoms with Gasteiger partial charge in [-0.3, -0.25) is 4.79 Å². The maximum atomic E-state index is 11.9. The van der Waals surface area contributed by atoms with E-state index in [1.807, 2.05) is 0 Å². The maximum Gasteiger partial charge on any atom is 0.136 e. The first kappa shape index (κ1) is 11.1. The van der Waals surface area contributed by atoms with Gasteiger partial charge in [0.2, 0.25) is 0 Å². The van der Waals surface area contributed by atoms with Crippen molar-refractivity contribution < 1.29 is 9.90 Å². The van der Waals surface area contributed by atoms with Crippen molar-refractivity contribution in [1.29, 1.82) is 0 Å². The Morgan fingerprint density at radius 3 is 2.73 bits per heavy atom. The molecule has 0 aliphatic heterocycles. The van der Waals surface area contributed by atoms with Crippen molar-refractivity contribution in [3.05, 3.63) is 0 Å². The topological polar surface area (TPSA) is 37.3 Å². The van der Waals surface area contributed by atoms with Crippen LogP contribution < -0.4 is 0 Å². The summed E-state index contributed by atoms with van der Waals surface area (Å²) < 4.78 is 0. The second kappa shape index (κ2) is 4.65. The fraction of sp³-hybridized carbons (Fsp3) is 0.923. The average molecular weight is 210 g/mol. The third-order valence-corrected chi connectivity index (χ3v) is 4.43. The Morgan fingerprint density at radius 1 is 1.33 bits per heavy atom. The van der Waals surface area contributed by atoms with E-state index in [9.17, 15) is 9.90 Å². The highest BCUT2D eigenvalue weighted by molar-refractivity contribution is 5.82. The first-order valence-corrected chi connectivity index (χ1v) is 6.43. The normalized spacial score (nSPS) is 42.1. The molecule has 2 aliphatic rings. The van der Waals surface area contributed by atoms with Gasteiger partial charge in [0.05, 0.1) is 6.10 Å². The summed E-state index contributed by atoms with van der Waals surface area (Å²) in [6.45, 7) is 2.21. The van der Waals surface area contributed by atoms with E-state index in [0.717, 1.165) is 44.4 Å². The number of hydrogen-bond acceptors (Lipinski definition) is 2. The highest BCUT2D eigenvalue weighted by Gasteiger charge is 2.39. The highest BCUT2D eigenvalue weighted by atomic mass is 16.3. The second-order valence-electron chi connectivity index (χ2n) is 5.28. The summed E-state index contributed by atoms with van der Waals surface area (Å²) in [4.78, 5) is 11.9. The van der Waals surface area contributed by atoms with Crippen LogP contribution >= 0.6 is 0 Å². The number of Topliss-reactive ketones (excluding diaryl/α,β-unsaturated/α-hetero) is 1. The first-order chi connectivity index (χ1) is 7.22. The summed E-state index contributed by atoms with van der Waals surface area (Å²) in [5.74, 6) is 1.61. The third-order valence-electron chi connectivity index (χ3n) is 4.43. The van der Waals surface area contributed by atoms with E-state index in [4.69, 9.17) is 0 Å². The lowest BCUT2D eigenvalue weighted by Crippen LogP contribution is -2.34. The van der Waals surface area contributed by atoms with Crippen LogP contribution in [0.3, 0.4) is 0 Å². The van der Waals surface area contributed by atoms with Crippen LogP contribution in [-0.2, 0) is 4.79 Å². The fourth-order valence-electron chi connectivity index (χ4n) is 3.36. The van der Waals surface area contributed by atoms with Crippen LogP contribution in [-0.4, -0.2) is 17.0 Å². The Hall–Kier alpha value is -0.370. The molecule has 4 atom stereocenters. The van der Waals surface area contributed by atoms with E-state index in [2.05, 4.69) is 6.92 Å². The molecule has 2 rings (SSSR count). The largest absolute Gasteiger partial charge is 0.393 e. The second-order valence-corrected chi connectivity index (χ2v) is 5.28. The predicted molar refractivity (Wildman–Crippen MR) is 59.5 cm³/mol. The van der Waals surface area contributed by atoms with E-state index >= 15 is 0 Å². The van der Waals surface area contributed by atoms with Crippen molar-refractivity contribution in [1.82, 2.24) is 0 Å². The standard InChI is InChI=1S/C13H22O2/c1-2-9-6-7-13(15)11(8-9)10-4-3-5-12(10)14/h9-12,14H,2-8H2,1H3. The van der Waals surface area contributed by atoms with E-state index in [1.54, 1.807) is 0 Å². The van der Waals surface area contributed by atoms with Gasteiger partial charge < -0.3 is 5.11 Å². The molecule has 86 valence electrons. The van der Waals surface area contributed by atoms with E-state index < -0.39 is 0 Å². The molecule has 0 aromatic heterocycles. The number of rotatable bonds is 2. The average Bonchev–Trinajstić information content (AvgIpc) is 2.65. The zero-order chi connectivity index (χ0) is 10.8. The lowest BCUT2D eigenvalue weighted by molar-refractivity contribution is -0.129. The van der Waals surface area contributed by atoms with Crippen molar-refractivity contribution in [2.75, 3.05) is 0 Å². The number of aliphatic hydroxyl groups excluding tert-OH is 1. The molecule has 0 spiro atoms. The summed E-state index contributed by atoms with van der Waals surface area (Å²) >= 11 is 0. The molecule has 0 heterocycles. The van der Waals surface area contributed by atoms with Crippen LogP contribution in [0.25, 0.3) is 0 Å². The van der Waals surface area contributed by atoms with Crippen molar-refractivity contribution in [2.24, 2.45) is 17.8 Å². The number of carbonyl (C=O) groups excluding carboxylic acids is 1. The molecule has 4 unspecified atom stereocenters. The van der Waals surface area contributed by atoms with Crippen molar-refractivity contribution in [3.63, 3.8) is 0 Å². The maximum absolute atomic E-state index is 11.9. The van der Waals surface area contributed by atoms with Gasteiger partial charge >= 0.3 is 0 Å². The Labute approximate surface area is 92.1 Å². The smallest absolute Gasteiger partial charge is 0.136 e. The molecular weight excluding hydrogens is 188 g/mol. The number of hydrogen-bond donors (Lipinski definition) is 1. The van der Waals surface area contributed by atoms with Gasteiger partial charge in [0.15, 0.2) is 0 Å². The molecule has 0 aromatic rings. The summed E-state index contributed by atoms with van der Waals surface area (Å²) in [7, 11) is 0. The van der Waals surface area contributed by atoms with Gasteiger partial charge in [-0.2, -0.15) is 0 Å². The van der Waals surface area contributed by atoms with Gasteiger partial charge in [0.25, 0.3) is 0 Å². The van der Waals surface area contributed by atoms with Crippen molar-refractivity contribution >= 4 is 5.78 Å². The fourth-order valence-corrected chi connectivity index (χ4v) is 3.36. The van der Waals surface area contributed by atoms with E-state index in [1.165, 1.54) is 6.42 Å². The molecule has 0 radical (unpaired) electrons. The Morgan fingerprint density at radius 2 is 2.13 bits per heavy atom. The molecule has 0 bridgehead atoms. The van der Waals surface area contributed by atoms with Crippen molar-refractivity contribution in [2.45, 2.75) is 58.0 Å². The lowest BCUT2D eigenvalue weighted by Gasteiger charge is -2.32. The van der Waals surface area contributed by atoms with Crippen LogP contribution in [0, 0.1) is 17.8 Å². The molecule has 15 heavy (non-hydrogen) atoms. The zero-order valence-corrected chi connectivity index (χ0v) is 9.61. The predicted octanol–water partition coefficient (Wildman–Crippen LogP) is 2.54. The van der Waals surface area contributed by atoms with Crippen LogP contribution in [0.4, 0.5) is 0 Å². The molecule has 0 saturated heterocycles. The monoisotopic (exact) mass is 210 g/mol. The van der Waals surface area contributed by atoms with Crippen LogP contribution in [0.1, 0.15) is 51.9 Å². The molecule has 0 amide bonds. The minimum atomic E-state index is -0.199. The number of carbonyl (C=O) groups is 1. The summed E-state index contributed by atoms with van der Waals surface area (Å²) in [6, 6.07) is 0. The summed E-state index contributed by atoms with van der Waals surface area (Å²) in [5.41, 5.74) is 0. The minimum absolute atomic E-state index is 0.182. The Kier molecular flexibility index (Phi) is 3.45. The molecule has 2 nitrogen and oxygen atoms in total. The van der Waals surface area contributed by atoms with Gasteiger partial charge in [0, 0.05) is 12.3 Å². The molecule has 2 fully saturated rings. The van der Waals surface area contributed by atoms with Crippen molar-refractivity contribution in [3.8, 4) is 0 Å². The van der Waals surface area contributed by atoms with E-state index in [0.29, 0.717) is 5.78 Å². The molecule has 2 aliphatic carbocycles. The third kappa shape index (κ3) is 2.25. The quantitative estimate of drug-likeness (QED) is 0.760. The van der Waals surface area contributed by atoms with Gasteiger partial charge in [-0.1, -0.05) is 19.8 Å². The van der Waals surface area contributed by atoms with E-state index in [-0.39, 0.29) is 17.9 Å². The van der Waals surface area contributed by atoms with Gasteiger partial charge in [-0.15, -0.1) is 0 Å². The van der Waals surface area contributed by atoms with Gasteiger partial charge in [0.1, 0.15) is 5.78 Å². The number of ketones is 1. The molecule has 2 heteroatoms.